The number of rotatable bonds is 53. The maximum Gasteiger partial charge on any atom is 0.305 e. The van der Waals surface area contributed by atoms with Crippen LogP contribution in [0, 0.1) is 0 Å². The largest absolute Gasteiger partial charge is 0.466 e. The summed E-state index contributed by atoms with van der Waals surface area (Å²) in [4.78, 5) is 24.4. The molecule has 0 spiro atoms. The fraction of sp³-hybridized carbons (Fsp3) is 0.864. The van der Waals surface area contributed by atoms with Crippen LogP contribution in [0.5, 0.6) is 0 Å². The molecule has 0 radical (unpaired) electrons. The lowest BCUT2D eigenvalue weighted by molar-refractivity contribution is -0.143. The van der Waals surface area contributed by atoms with Crippen LogP contribution < -0.4 is 5.32 Å². The first kappa shape index (κ1) is 63.1. The van der Waals surface area contributed by atoms with Gasteiger partial charge in [0.15, 0.2) is 0 Å². The van der Waals surface area contributed by atoms with Crippen LogP contribution in [0.4, 0.5) is 0 Å². The molecule has 0 saturated heterocycles. The van der Waals surface area contributed by atoms with Gasteiger partial charge < -0.3 is 20.3 Å². The number of esters is 1. The van der Waals surface area contributed by atoms with E-state index in [-0.39, 0.29) is 18.5 Å². The van der Waals surface area contributed by atoms with Gasteiger partial charge >= 0.3 is 5.97 Å². The van der Waals surface area contributed by atoms with Crippen molar-refractivity contribution in [2.24, 2.45) is 0 Å². The number of carbonyl (C=O) groups excluding carboxylic acids is 2. The van der Waals surface area contributed by atoms with Gasteiger partial charge in [-0.2, -0.15) is 0 Å². The topological polar surface area (TPSA) is 95.9 Å². The molecule has 0 aromatic rings. The Morgan fingerprint density at radius 2 is 0.738 bits per heavy atom. The minimum atomic E-state index is -0.863. The highest BCUT2D eigenvalue weighted by Gasteiger charge is 2.18. The predicted molar refractivity (Wildman–Crippen MR) is 283 cm³/mol. The molecule has 6 heteroatoms. The lowest BCUT2D eigenvalue weighted by Crippen LogP contribution is -2.45. The van der Waals surface area contributed by atoms with Gasteiger partial charge in [-0.05, 0) is 77.0 Å². The zero-order chi connectivity index (χ0) is 47.2. The molecule has 382 valence electrons. The van der Waals surface area contributed by atoms with Crippen LogP contribution in [0.25, 0.3) is 0 Å². The third-order valence-electron chi connectivity index (χ3n) is 13.1. The fourth-order valence-corrected chi connectivity index (χ4v) is 8.67. The monoisotopic (exact) mass is 914 g/mol. The Bertz CT molecular complexity index is 1060. The van der Waals surface area contributed by atoms with Crippen molar-refractivity contribution < 1.29 is 24.5 Å². The van der Waals surface area contributed by atoms with Gasteiger partial charge in [0, 0.05) is 12.8 Å². The second-order valence-electron chi connectivity index (χ2n) is 19.6. The van der Waals surface area contributed by atoms with Gasteiger partial charge in [0.1, 0.15) is 0 Å². The molecular weight excluding hydrogens is 803 g/mol. The standard InChI is InChI=1S/C59H111NO5/c1-3-5-7-9-11-13-15-16-17-18-19-20-21-22-23-24-25-26-28-32-35-39-43-47-51-57(62)56(55-61)60-58(63)52-48-44-40-36-33-29-27-30-34-38-42-46-50-54-65-59(64)53-49-45-41-37-31-14-12-10-8-6-4-2/h10,12,29,33,47,51,56-57,61-62H,3-9,11,13-28,30-32,34-46,48-50,52-55H2,1-2H3,(H,60,63)/b12-10-,33-29-,51-47+. The molecule has 0 fully saturated rings. The third-order valence-corrected chi connectivity index (χ3v) is 13.1. The highest BCUT2D eigenvalue weighted by atomic mass is 16.5. The first-order valence-electron chi connectivity index (χ1n) is 28.8. The van der Waals surface area contributed by atoms with E-state index in [1.807, 2.05) is 6.08 Å². The van der Waals surface area contributed by atoms with E-state index in [2.05, 4.69) is 43.5 Å². The van der Waals surface area contributed by atoms with Crippen molar-refractivity contribution in [1.82, 2.24) is 5.32 Å². The zero-order valence-electron chi connectivity index (χ0n) is 43.5. The smallest absolute Gasteiger partial charge is 0.305 e. The van der Waals surface area contributed by atoms with Crippen LogP contribution in [0.15, 0.2) is 36.5 Å². The average molecular weight is 915 g/mol. The van der Waals surface area contributed by atoms with Crippen LogP contribution in [-0.4, -0.2) is 47.4 Å². The number of unbranched alkanes of at least 4 members (excludes halogenated alkanes) is 38. The molecule has 0 rings (SSSR count). The van der Waals surface area contributed by atoms with Crippen LogP contribution in [0.3, 0.4) is 0 Å². The molecule has 0 aromatic carbocycles. The second-order valence-corrected chi connectivity index (χ2v) is 19.6. The molecule has 0 aromatic heterocycles. The fourth-order valence-electron chi connectivity index (χ4n) is 8.67. The molecule has 2 unspecified atom stereocenters. The van der Waals surface area contributed by atoms with E-state index < -0.39 is 12.1 Å². The summed E-state index contributed by atoms with van der Waals surface area (Å²) in [5.74, 6) is -0.121. The van der Waals surface area contributed by atoms with E-state index in [4.69, 9.17) is 4.74 Å². The van der Waals surface area contributed by atoms with E-state index in [9.17, 15) is 19.8 Å². The van der Waals surface area contributed by atoms with Gasteiger partial charge in [0.25, 0.3) is 0 Å². The van der Waals surface area contributed by atoms with E-state index in [0.717, 1.165) is 70.6 Å². The molecule has 0 aliphatic rings. The number of ether oxygens (including phenoxy) is 1. The first-order valence-corrected chi connectivity index (χ1v) is 28.8. The van der Waals surface area contributed by atoms with Gasteiger partial charge in [0.05, 0.1) is 25.4 Å². The van der Waals surface area contributed by atoms with Gasteiger partial charge in [-0.3, -0.25) is 9.59 Å². The van der Waals surface area contributed by atoms with E-state index in [1.165, 1.54) is 205 Å². The maximum atomic E-state index is 12.5. The number of allylic oxidation sites excluding steroid dienone is 5. The van der Waals surface area contributed by atoms with Crippen molar-refractivity contribution in [3.8, 4) is 0 Å². The maximum absolute atomic E-state index is 12.5. The van der Waals surface area contributed by atoms with Crippen LogP contribution >= 0.6 is 0 Å². The lowest BCUT2D eigenvalue weighted by atomic mass is 10.0. The Kier molecular flexibility index (Phi) is 53.1. The Hall–Kier alpha value is -1.92. The number of hydrogen-bond acceptors (Lipinski definition) is 5. The Balaban J connectivity index is 3.53. The van der Waals surface area contributed by atoms with E-state index in [0.29, 0.717) is 19.4 Å². The summed E-state index contributed by atoms with van der Waals surface area (Å²) in [6.45, 7) is 4.83. The highest BCUT2D eigenvalue weighted by molar-refractivity contribution is 5.76. The van der Waals surface area contributed by atoms with Crippen molar-refractivity contribution in [3.63, 3.8) is 0 Å². The van der Waals surface area contributed by atoms with Gasteiger partial charge in [-0.1, -0.05) is 249 Å². The molecule has 6 nitrogen and oxygen atoms in total. The van der Waals surface area contributed by atoms with Crippen molar-refractivity contribution in [3.05, 3.63) is 36.5 Å². The third kappa shape index (κ3) is 51.3. The van der Waals surface area contributed by atoms with E-state index in [1.54, 1.807) is 6.08 Å². The number of aliphatic hydroxyl groups excluding tert-OH is 2. The molecule has 0 saturated carbocycles. The molecule has 0 heterocycles. The number of aliphatic hydroxyl groups is 2. The highest BCUT2D eigenvalue weighted by Crippen LogP contribution is 2.17. The average Bonchev–Trinajstić information content (AvgIpc) is 3.31. The normalized spacial score (nSPS) is 12.9. The molecule has 1 amide bonds. The summed E-state index contributed by atoms with van der Waals surface area (Å²) in [5, 5.41) is 23.2. The molecule has 0 aliphatic heterocycles. The number of carbonyl (C=O) groups is 2. The van der Waals surface area contributed by atoms with Crippen molar-refractivity contribution in [1.29, 1.82) is 0 Å². The number of hydrogen-bond donors (Lipinski definition) is 3. The van der Waals surface area contributed by atoms with Gasteiger partial charge in [-0.25, -0.2) is 0 Å². The van der Waals surface area contributed by atoms with Crippen molar-refractivity contribution in [2.45, 2.75) is 315 Å². The zero-order valence-corrected chi connectivity index (χ0v) is 43.5. The molecule has 0 aliphatic carbocycles. The van der Waals surface area contributed by atoms with Crippen molar-refractivity contribution >= 4 is 11.9 Å². The molecule has 3 N–H and O–H groups in total. The molecule has 65 heavy (non-hydrogen) atoms. The molecule has 0 bridgehead atoms. The molecule has 2 atom stereocenters. The Morgan fingerprint density at radius 3 is 1.15 bits per heavy atom. The summed E-state index contributed by atoms with van der Waals surface area (Å²) in [5.41, 5.74) is 0. The quantitative estimate of drug-likeness (QED) is 0.0321. The Morgan fingerprint density at radius 1 is 0.415 bits per heavy atom. The van der Waals surface area contributed by atoms with Crippen LogP contribution in [-0.2, 0) is 14.3 Å². The lowest BCUT2D eigenvalue weighted by Gasteiger charge is -2.19. The second kappa shape index (κ2) is 54.7. The summed E-state index contributed by atoms with van der Waals surface area (Å²) in [7, 11) is 0. The summed E-state index contributed by atoms with van der Waals surface area (Å²) in [6.07, 6.45) is 67.4. The summed E-state index contributed by atoms with van der Waals surface area (Å²) >= 11 is 0. The number of amides is 1. The minimum Gasteiger partial charge on any atom is -0.466 e. The minimum absolute atomic E-state index is 0.0250. The van der Waals surface area contributed by atoms with E-state index >= 15 is 0 Å². The van der Waals surface area contributed by atoms with Gasteiger partial charge in [-0.15, -0.1) is 0 Å². The first-order chi connectivity index (χ1) is 32.0. The van der Waals surface area contributed by atoms with Crippen LogP contribution in [0.2, 0.25) is 0 Å². The van der Waals surface area contributed by atoms with Crippen LogP contribution in [0.1, 0.15) is 303 Å². The van der Waals surface area contributed by atoms with Gasteiger partial charge in [0.2, 0.25) is 5.91 Å². The molecular formula is C59H111NO5. The summed E-state index contributed by atoms with van der Waals surface area (Å²) in [6, 6.07) is -0.650. The predicted octanol–water partition coefficient (Wildman–Crippen LogP) is 17.6. The number of nitrogens with one attached hydrogen (secondary N) is 1. The summed E-state index contributed by atoms with van der Waals surface area (Å²) < 4.78 is 5.43. The van der Waals surface area contributed by atoms with Crippen molar-refractivity contribution in [2.75, 3.05) is 13.2 Å². The Labute approximate surface area is 404 Å². The SMILES string of the molecule is CCCC/C=C\CCCCCCCC(=O)OCCCCCCCC/C=C\CCCCCC(=O)NC(CO)C(O)/C=C/CCCCCCCCCCCCCCCCCCCCCCCC.